The van der Waals surface area contributed by atoms with E-state index in [1.807, 2.05) is 26.0 Å². The third-order valence-electron chi connectivity index (χ3n) is 3.38. The Bertz CT molecular complexity index is 568. The summed E-state index contributed by atoms with van der Waals surface area (Å²) in [4.78, 5) is 11.8. The molecule has 0 aliphatic carbocycles. The van der Waals surface area contributed by atoms with Crippen LogP contribution in [0.4, 0.5) is 4.39 Å². The Hall–Kier alpha value is -2.10. The SMILES string of the molecule is Cc1ccc(C)n1CCC(=O)NCc1ccc(F)cc1. The smallest absolute Gasteiger partial charge is 0.222 e. The van der Waals surface area contributed by atoms with Crippen LogP contribution >= 0.6 is 0 Å². The maximum Gasteiger partial charge on any atom is 0.222 e. The van der Waals surface area contributed by atoms with Crippen molar-refractivity contribution in [3.8, 4) is 0 Å². The predicted molar refractivity (Wildman–Crippen MR) is 76.8 cm³/mol. The normalized spacial score (nSPS) is 10.6. The van der Waals surface area contributed by atoms with E-state index in [1.54, 1.807) is 12.1 Å². The van der Waals surface area contributed by atoms with E-state index in [0.29, 0.717) is 19.5 Å². The van der Waals surface area contributed by atoms with Crippen molar-refractivity contribution in [1.82, 2.24) is 9.88 Å². The van der Waals surface area contributed by atoms with Crippen molar-refractivity contribution in [2.75, 3.05) is 0 Å². The molecule has 0 aliphatic rings. The molecule has 0 saturated heterocycles. The monoisotopic (exact) mass is 274 g/mol. The Labute approximate surface area is 118 Å². The zero-order chi connectivity index (χ0) is 14.5. The molecular weight excluding hydrogens is 255 g/mol. The highest BCUT2D eigenvalue weighted by Gasteiger charge is 2.05. The van der Waals surface area contributed by atoms with Crippen LogP contribution in [0.2, 0.25) is 0 Å². The van der Waals surface area contributed by atoms with Gasteiger partial charge in [-0.2, -0.15) is 0 Å². The fraction of sp³-hybridized carbons (Fsp3) is 0.312. The van der Waals surface area contributed by atoms with E-state index < -0.39 is 0 Å². The molecule has 1 aromatic carbocycles. The van der Waals surface area contributed by atoms with Gasteiger partial charge in [-0.25, -0.2) is 4.39 Å². The van der Waals surface area contributed by atoms with Crippen LogP contribution in [-0.4, -0.2) is 10.5 Å². The van der Waals surface area contributed by atoms with E-state index >= 15 is 0 Å². The van der Waals surface area contributed by atoms with Crippen LogP contribution in [-0.2, 0) is 17.9 Å². The van der Waals surface area contributed by atoms with E-state index in [9.17, 15) is 9.18 Å². The number of carbonyl (C=O) groups is 1. The maximum absolute atomic E-state index is 12.7. The van der Waals surface area contributed by atoms with Crippen molar-refractivity contribution < 1.29 is 9.18 Å². The fourth-order valence-corrected chi connectivity index (χ4v) is 2.16. The standard InChI is InChI=1S/C16H19FN2O/c1-12-3-4-13(2)19(12)10-9-16(20)18-11-14-5-7-15(17)8-6-14/h3-8H,9-11H2,1-2H3,(H,18,20). The summed E-state index contributed by atoms with van der Waals surface area (Å²) < 4.78 is 14.9. The number of rotatable bonds is 5. The van der Waals surface area contributed by atoms with Crippen molar-refractivity contribution in [2.45, 2.75) is 33.4 Å². The van der Waals surface area contributed by atoms with E-state index in [0.717, 1.165) is 17.0 Å². The molecule has 0 bridgehead atoms. The first kappa shape index (κ1) is 14.3. The van der Waals surface area contributed by atoms with Gasteiger partial charge in [-0.3, -0.25) is 4.79 Å². The molecule has 106 valence electrons. The van der Waals surface area contributed by atoms with Gasteiger partial charge in [0.05, 0.1) is 0 Å². The maximum atomic E-state index is 12.7. The fourth-order valence-electron chi connectivity index (χ4n) is 2.16. The van der Waals surface area contributed by atoms with Crippen LogP contribution in [0.15, 0.2) is 36.4 Å². The van der Waals surface area contributed by atoms with E-state index in [2.05, 4.69) is 9.88 Å². The molecule has 1 aromatic heterocycles. The number of aromatic nitrogens is 1. The third kappa shape index (κ3) is 3.70. The molecule has 0 atom stereocenters. The number of carbonyl (C=O) groups excluding carboxylic acids is 1. The minimum absolute atomic E-state index is 0.00169. The van der Waals surface area contributed by atoms with Gasteiger partial charge in [0.2, 0.25) is 5.91 Å². The van der Waals surface area contributed by atoms with E-state index in [-0.39, 0.29) is 11.7 Å². The molecule has 1 N–H and O–H groups in total. The van der Waals surface area contributed by atoms with Crippen LogP contribution in [0.3, 0.4) is 0 Å². The van der Waals surface area contributed by atoms with Crippen molar-refractivity contribution in [3.05, 3.63) is 59.2 Å². The number of hydrogen-bond acceptors (Lipinski definition) is 1. The molecule has 2 rings (SSSR count). The van der Waals surface area contributed by atoms with Gasteiger partial charge < -0.3 is 9.88 Å². The molecule has 1 amide bonds. The second-order valence-corrected chi connectivity index (χ2v) is 4.92. The molecule has 20 heavy (non-hydrogen) atoms. The Balaban J connectivity index is 1.80. The first-order chi connectivity index (χ1) is 9.56. The highest BCUT2D eigenvalue weighted by molar-refractivity contribution is 5.75. The molecule has 2 aromatic rings. The molecule has 0 saturated carbocycles. The molecule has 3 nitrogen and oxygen atoms in total. The van der Waals surface area contributed by atoms with Gasteiger partial charge in [0.1, 0.15) is 5.82 Å². The highest BCUT2D eigenvalue weighted by Crippen LogP contribution is 2.08. The molecular formula is C16H19FN2O. The number of nitrogens with zero attached hydrogens (tertiary/aromatic N) is 1. The van der Waals surface area contributed by atoms with Crippen molar-refractivity contribution in [3.63, 3.8) is 0 Å². The van der Waals surface area contributed by atoms with Crippen LogP contribution < -0.4 is 5.32 Å². The van der Waals surface area contributed by atoms with E-state index in [4.69, 9.17) is 0 Å². The van der Waals surface area contributed by atoms with Gasteiger partial charge in [-0.1, -0.05) is 12.1 Å². The molecule has 0 aliphatic heterocycles. The molecule has 0 unspecified atom stereocenters. The Morgan fingerprint density at radius 1 is 1.10 bits per heavy atom. The number of benzene rings is 1. The van der Waals surface area contributed by atoms with Gasteiger partial charge in [-0.05, 0) is 43.7 Å². The topological polar surface area (TPSA) is 34.0 Å². The number of nitrogens with one attached hydrogen (secondary N) is 1. The Morgan fingerprint density at radius 3 is 2.30 bits per heavy atom. The first-order valence-corrected chi connectivity index (χ1v) is 6.70. The van der Waals surface area contributed by atoms with E-state index in [1.165, 1.54) is 12.1 Å². The summed E-state index contributed by atoms with van der Waals surface area (Å²) in [5.74, 6) is -0.263. The van der Waals surface area contributed by atoms with Crippen molar-refractivity contribution in [1.29, 1.82) is 0 Å². The second-order valence-electron chi connectivity index (χ2n) is 4.92. The summed E-state index contributed by atoms with van der Waals surface area (Å²) in [5.41, 5.74) is 3.22. The van der Waals surface area contributed by atoms with Gasteiger partial charge in [0, 0.05) is 30.9 Å². The number of hydrogen-bond donors (Lipinski definition) is 1. The molecule has 0 spiro atoms. The third-order valence-corrected chi connectivity index (χ3v) is 3.38. The predicted octanol–water partition coefficient (Wildman–Crippen LogP) is 2.95. The zero-order valence-electron chi connectivity index (χ0n) is 11.8. The lowest BCUT2D eigenvalue weighted by molar-refractivity contribution is -0.121. The zero-order valence-corrected chi connectivity index (χ0v) is 11.8. The molecule has 1 heterocycles. The Kier molecular flexibility index (Phi) is 4.56. The largest absolute Gasteiger partial charge is 0.352 e. The van der Waals surface area contributed by atoms with Gasteiger partial charge in [-0.15, -0.1) is 0 Å². The average molecular weight is 274 g/mol. The van der Waals surface area contributed by atoms with Gasteiger partial charge in [0.15, 0.2) is 0 Å². The lowest BCUT2D eigenvalue weighted by Gasteiger charge is -2.09. The summed E-state index contributed by atoms with van der Waals surface area (Å²) in [6, 6.07) is 10.2. The first-order valence-electron chi connectivity index (χ1n) is 6.70. The molecule has 0 fully saturated rings. The molecule has 4 heteroatoms. The van der Waals surface area contributed by atoms with Gasteiger partial charge in [0.25, 0.3) is 0 Å². The second kappa shape index (κ2) is 6.37. The summed E-state index contributed by atoms with van der Waals surface area (Å²) in [5, 5.41) is 2.85. The van der Waals surface area contributed by atoms with Crippen LogP contribution in [0.5, 0.6) is 0 Å². The van der Waals surface area contributed by atoms with Crippen LogP contribution in [0, 0.1) is 19.7 Å². The number of halogens is 1. The summed E-state index contributed by atoms with van der Waals surface area (Å²) in [6.07, 6.45) is 0.442. The number of aryl methyl sites for hydroxylation is 2. The lowest BCUT2D eigenvalue weighted by atomic mass is 10.2. The summed E-state index contributed by atoms with van der Waals surface area (Å²) in [6.45, 7) is 5.18. The highest BCUT2D eigenvalue weighted by atomic mass is 19.1. The summed E-state index contributed by atoms with van der Waals surface area (Å²) in [7, 11) is 0. The van der Waals surface area contributed by atoms with Crippen molar-refractivity contribution in [2.24, 2.45) is 0 Å². The lowest BCUT2D eigenvalue weighted by Crippen LogP contribution is -2.24. The average Bonchev–Trinajstić information content (AvgIpc) is 2.75. The molecule has 0 radical (unpaired) electrons. The quantitative estimate of drug-likeness (QED) is 0.893. The summed E-state index contributed by atoms with van der Waals surface area (Å²) >= 11 is 0. The minimum Gasteiger partial charge on any atom is -0.352 e. The van der Waals surface area contributed by atoms with Crippen LogP contribution in [0.1, 0.15) is 23.4 Å². The van der Waals surface area contributed by atoms with Crippen LogP contribution in [0.25, 0.3) is 0 Å². The van der Waals surface area contributed by atoms with Crippen molar-refractivity contribution >= 4 is 5.91 Å². The Morgan fingerprint density at radius 2 is 1.70 bits per heavy atom. The minimum atomic E-state index is -0.265. The number of amides is 1. The van der Waals surface area contributed by atoms with Gasteiger partial charge >= 0.3 is 0 Å².